The highest BCUT2D eigenvalue weighted by atomic mass is 19.1. The molecule has 0 saturated heterocycles. The molecule has 0 aromatic heterocycles. The molecule has 0 bridgehead atoms. The molecule has 0 fully saturated rings. The molecule has 0 aliphatic heterocycles. The maximum Gasteiger partial charge on any atom is 0.273 e. The van der Waals surface area contributed by atoms with Gasteiger partial charge in [-0.3, -0.25) is 14.9 Å². The minimum Gasteiger partial charge on any atom is -0.345 e. The van der Waals surface area contributed by atoms with Gasteiger partial charge >= 0.3 is 0 Å². The van der Waals surface area contributed by atoms with Gasteiger partial charge in [0.25, 0.3) is 5.69 Å². The Morgan fingerprint density at radius 3 is 2.78 bits per heavy atom. The molecule has 0 aliphatic rings. The lowest BCUT2D eigenvalue weighted by molar-refractivity contribution is -0.385. The Hall–Kier alpha value is -2.42. The number of nitrogens with one attached hydrogen (secondary N) is 1. The van der Waals surface area contributed by atoms with E-state index in [1.807, 2.05) is 0 Å². The molecule has 1 amide bonds. The molecule has 0 heterocycles. The summed E-state index contributed by atoms with van der Waals surface area (Å²) in [5.74, 6) is 4.09. The van der Waals surface area contributed by atoms with Crippen LogP contribution in [0.3, 0.4) is 0 Å². The molecular weight excluding hydrogens is 239 g/mol. The Morgan fingerprint density at radius 1 is 1.56 bits per heavy atom. The summed E-state index contributed by atoms with van der Waals surface area (Å²) in [6, 6.07) is 2.16. The van der Waals surface area contributed by atoms with Crippen LogP contribution in [0.2, 0.25) is 0 Å². The molecule has 1 N–H and O–H groups in total. The molecule has 0 radical (unpaired) electrons. The zero-order chi connectivity index (χ0) is 13.7. The maximum atomic E-state index is 13.5. The molecule has 5 nitrogen and oxygen atoms in total. The maximum absolute atomic E-state index is 13.5. The summed E-state index contributed by atoms with van der Waals surface area (Å²) in [6.45, 7) is 2.85. The van der Waals surface area contributed by atoms with Crippen molar-refractivity contribution in [2.24, 2.45) is 0 Å². The van der Waals surface area contributed by atoms with Crippen LogP contribution in [0.15, 0.2) is 12.1 Å². The van der Waals surface area contributed by atoms with Gasteiger partial charge in [-0.05, 0) is 13.0 Å². The number of halogens is 1. The summed E-state index contributed by atoms with van der Waals surface area (Å²) >= 11 is 0. The summed E-state index contributed by atoms with van der Waals surface area (Å²) < 4.78 is 13.5. The summed E-state index contributed by atoms with van der Waals surface area (Å²) in [4.78, 5) is 20.7. The van der Waals surface area contributed by atoms with E-state index in [4.69, 9.17) is 0 Å². The van der Waals surface area contributed by atoms with E-state index in [1.165, 1.54) is 13.8 Å². The quantitative estimate of drug-likeness (QED) is 0.491. The molecule has 1 aromatic rings. The van der Waals surface area contributed by atoms with E-state index in [0.29, 0.717) is 0 Å². The fourth-order valence-electron chi connectivity index (χ4n) is 1.26. The average Bonchev–Trinajstić information content (AvgIpc) is 2.25. The first kappa shape index (κ1) is 13.6. The van der Waals surface area contributed by atoms with E-state index in [1.54, 1.807) is 0 Å². The molecule has 0 aliphatic carbocycles. The number of hydrogen-bond acceptors (Lipinski definition) is 3. The van der Waals surface area contributed by atoms with Gasteiger partial charge in [-0.1, -0.05) is 11.8 Å². The van der Waals surface area contributed by atoms with Crippen molar-refractivity contribution >= 4 is 11.6 Å². The van der Waals surface area contributed by atoms with Crippen molar-refractivity contribution in [3.8, 4) is 11.8 Å². The lowest BCUT2D eigenvalue weighted by Crippen LogP contribution is -2.19. The van der Waals surface area contributed by atoms with Gasteiger partial charge < -0.3 is 5.32 Å². The minimum atomic E-state index is -0.617. The number of rotatable bonds is 2. The van der Waals surface area contributed by atoms with Crippen LogP contribution in [-0.2, 0) is 4.79 Å². The molecule has 0 saturated carbocycles. The average molecular weight is 250 g/mol. The number of amides is 1. The molecule has 0 unspecified atom stereocenters. The Labute approximate surface area is 103 Å². The van der Waals surface area contributed by atoms with E-state index in [-0.39, 0.29) is 29.3 Å². The fraction of sp³-hybridized carbons (Fsp3) is 0.250. The number of benzene rings is 1. The van der Waals surface area contributed by atoms with Gasteiger partial charge in [0, 0.05) is 18.6 Å². The Bertz CT molecular complexity index is 558. The van der Waals surface area contributed by atoms with Crippen molar-refractivity contribution in [3.05, 3.63) is 39.2 Å². The number of nitro groups is 1. The highest BCUT2D eigenvalue weighted by Gasteiger charge is 2.14. The van der Waals surface area contributed by atoms with Crippen molar-refractivity contribution in [1.29, 1.82) is 0 Å². The van der Waals surface area contributed by atoms with E-state index in [9.17, 15) is 19.3 Å². The lowest BCUT2D eigenvalue weighted by Gasteiger charge is -1.99. The summed E-state index contributed by atoms with van der Waals surface area (Å²) in [6.07, 6.45) is 0. The number of nitro benzene ring substituents is 1. The van der Waals surface area contributed by atoms with Crippen LogP contribution in [-0.4, -0.2) is 17.4 Å². The Balaban J connectivity index is 2.98. The second-order valence-electron chi connectivity index (χ2n) is 3.59. The molecule has 1 aromatic carbocycles. The SMILES string of the molecule is CC(=O)NCC#Cc1cc([N+](=O)[O-])c(C)cc1F. The topological polar surface area (TPSA) is 72.2 Å². The summed E-state index contributed by atoms with van der Waals surface area (Å²) in [7, 11) is 0. The van der Waals surface area contributed by atoms with Crippen LogP contribution >= 0.6 is 0 Å². The van der Waals surface area contributed by atoms with Crippen LogP contribution in [0.1, 0.15) is 18.1 Å². The van der Waals surface area contributed by atoms with E-state index in [0.717, 1.165) is 12.1 Å². The normalized spacial score (nSPS) is 9.28. The van der Waals surface area contributed by atoms with Gasteiger partial charge in [0.15, 0.2) is 0 Å². The molecule has 1 rings (SSSR count). The predicted molar refractivity (Wildman–Crippen MR) is 63.4 cm³/mol. The molecule has 18 heavy (non-hydrogen) atoms. The largest absolute Gasteiger partial charge is 0.345 e. The third-order valence-corrected chi connectivity index (χ3v) is 2.13. The summed E-state index contributed by atoms with van der Waals surface area (Å²) in [5.41, 5.74) is 0.00258. The zero-order valence-corrected chi connectivity index (χ0v) is 9.91. The highest BCUT2D eigenvalue weighted by Crippen LogP contribution is 2.21. The van der Waals surface area contributed by atoms with Gasteiger partial charge in [0.1, 0.15) is 5.82 Å². The monoisotopic (exact) mass is 250 g/mol. The fourth-order valence-corrected chi connectivity index (χ4v) is 1.26. The highest BCUT2D eigenvalue weighted by molar-refractivity contribution is 5.73. The number of carbonyl (C=O) groups is 1. The molecule has 6 heteroatoms. The van der Waals surface area contributed by atoms with Crippen LogP contribution in [0.25, 0.3) is 0 Å². The van der Waals surface area contributed by atoms with Gasteiger partial charge in [0.05, 0.1) is 17.0 Å². The molecule has 0 spiro atoms. The third kappa shape index (κ3) is 3.56. The minimum absolute atomic E-state index is 0.0577. The van der Waals surface area contributed by atoms with Crippen LogP contribution in [0.4, 0.5) is 10.1 Å². The first-order chi connectivity index (χ1) is 8.41. The smallest absolute Gasteiger partial charge is 0.273 e. The Kier molecular flexibility index (Phi) is 4.38. The van der Waals surface area contributed by atoms with Crippen molar-refractivity contribution < 1.29 is 14.1 Å². The van der Waals surface area contributed by atoms with E-state index in [2.05, 4.69) is 17.2 Å². The van der Waals surface area contributed by atoms with Crippen LogP contribution < -0.4 is 5.32 Å². The third-order valence-electron chi connectivity index (χ3n) is 2.13. The van der Waals surface area contributed by atoms with Crippen molar-refractivity contribution in [1.82, 2.24) is 5.32 Å². The first-order valence-electron chi connectivity index (χ1n) is 5.09. The molecule has 94 valence electrons. The Morgan fingerprint density at radius 2 is 2.22 bits per heavy atom. The van der Waals surface area contributed by atoms with Gasteiger partial charge in [-0.15, -0.1) is 0 Å². The standard InChI is InChI=1S/C12H11FN2O3/c1-8-6-11(13)10(7-12(8)15(17)18)4-3-5-14-9(2)16/h6-7H,5H2,1-2H3,(H,14,16). The van der Waals surface area contributed by atoms with Crippen molar-refractivity contribution in [2.45, 2.75) is 13.8 Å². The van der Waals surface area contributed by atoms with Crippen molar-refractivity contribution in [3.63, 3.8) is 0 Å². The number of aryl methyl sites for hydroxylation is 1. The molecule has 0 atom stereocenters. The second-order valence-corrected chi connectivity index (χ2v) is 3.59. The number of carbonyl (C=O) groups excluding carboxylic acids is 1. The van der Waals surface area contributed by atoms with Gasteiger partial charge in [-0.25, -0.2) is 4.39 Å². The van der Waals surface area contributed by atoms with Crippen LogP contribution in [0.5, 0.6) is 0 Å². The summed E-state index contributed by atoms with van der Waals surface area (Å²) in [5, 5.41) is 13.1. The van der Waals surface area contributed by atoms with Gasteiger partial charge in [0.2, 0.25) is 5.91 Å². The van der Waals surface area contributed by atoms with Gasteiger partial charge in [-0.2, -0.15) is 0 Å². The van der Waals surface area contributed by atoms with E-state index < -0.39 is 10.7 Å². The van der Waals surface area contributed by atoms with E-state index >= 15 is 0 Å². The number of nitrogens with zero attached hydrogens (tertiary/aromatic N) is 1. The molecular formula is C12H11FN2O3. The number of hydrogen-bond donors (Lipinski definition) is 1. The van der Waals surface area contributed by atoms with Crippen molar-refractivity contribution in [2.75, 3.05) is 6.54 Å². The lowest BCUT2D eigenvalue weighted by atomic mass is 10.1. The zero-order valence-electron chi connectivity index (χ0n) is 9.91. The van der Waals surface area contributed by atoms with Crippen LogP contribution in [0, 0.1) is 34.7 Å². The predicted octanol–water partition coefficient (Wildman–Crippen LogP) is 1.53. The second kappa shape index (κ2) is 5.77. The first-order valence-corrected chi connectivity index (χ1v) is 5.09.